The molecule has 1 fully saturated rings. The first-order valence-corrected chi connectivity index (χ1v) is 8.06. The van der Waals surface area contributed by atoms with Crippen LogP contribution in [0.15, 0.2) is 39.7 Å². The second-order valence-electron chi connectivity index (χ2n) is 4.75. The molecule has 1 saturated heterocycles. The van der Waals surface area contributed by atoms with Crippen LogP contribution < -0.4 is 5.32 Å². The van der Waals surface area contributed by atoms with E-state index in [0.717, 1.165) is 23.9 Å². The summed E-state index contributed by atoms with van der Waals surface area (Å²) in [5.74, 6) is 0.129. The summed E-state index contributed by atoms with van der Waals surface area (Å²) in [6.45, 7) is 0. The monoisotopic (exact) mass is 389 g/mol. The topological polar surface area (TPSA) is 42.2 Å². The molecule has 0 aliphatic carbocycles. The van der Waals surface area contributed by atoms with Crippen LogP contribution in [0.5, 0.6) is 0 Å². The van der Waals surface area contributed by atoms with E-state index in [1.165, 1.54) is 24.3 Å². The first-order chi connectivity index (χ1) is 11.2. The van der Waals surface area contributed by atoms with Crippen molar-refractivity contribution in [3.63, 3.8) is 0 Å². The summed E-state index contributed by atoms with van der Waals surface area (Å²) in [6, 6.07) is 6.01. The number of hydrogen-bond donors (Lipinski definition) is 1. The number of thiocarbonyl (C=S) groups is 1. The van der Waals surface area contributed by atoms with E-state index in [1.807, 2.05) is 0 Å². The highest BCUT2D eigenvalue weighted by Gasteiger charge is 2.31. The summed E-state index contributed by atoms with van der Waals surface area (Å²) in [6.07, 6.45) is -3.02. The normalized spacial score (nSPS) is 16.8. The second-order valence-corrected chi connectivity index (χ2v) is 6.87. The van der Waals surface area contributed by atoms with Gasteiger partial charge in [-0.05, 0) is 30.3 Å². The fourth-order valence-corrected chi connectivity index (χ4v) is 3.25. The molecule has 0 radical (unpaired) electrons. The van der Waals surface area contributed by atoms with E-state index in [9.17, 15) is 18.0 Å². The van der Waals surface area contributed by atoms with Crippen LogP contribution in [0.3, 0.4) is 0 Å². The molecule has 3 nitrogen and oxygen atoms in total. The zero-order chi connectivity index (χ0) is 17.5. The maximum absolute atomic E-state index is 12.8. The van der Waals surface area contributed by atoms with Gasteiger partial charge < -0.3 is 9.73 Å². The van der Waals surface area contributed by atoms with Crippen LogP contribution in [0.2, 0.25) is 5.02 Å². The smallest absolute Gasteiger partial charge is 0.416 e. The molecule has 0 unspecified atom stereocenters. The number of hydrogen-bond acceptors (Lipinski definition) is 4. The highest BCUT2D eigenvalue weighted by atomic mass is 35.5. The Morgan fingerprint density at radius 2 is 2.00 bits per heavy atom. The second kappa shape index (κ2) is 6.27. The van der Waals surface area contributed by atoms with Crippen LogP contribution in [0, 0.1) is 0 Å². The van der Waals surface area contributed by atoms with Crippen LogP contribution in [-0.4, -0.2) is 10.2 Å². The first kappa shape index (κ1) is 17.1. The van der Waals surface area contributed by atoms with E-state index in [1.54, 1.807) is 0 Å². The lowest BCUT2D eigenvalue weighted by atomic mass is 10.1. The van der Waals surface area contributed by atoms with E-state index >= 15 is 0 Å². The summed E-state index contributed by atoms with van der Waals surface area (Å²) >= 11 is 11.9. The van der Waals surface area contributed by atoms with Crippen molar-refractivity contribution in [2.75, 3.05) is 0 Å². The molecule has 124 valence electrons. The quantitative estimate of drug-likeness (QED) is 0.572. The lowest BCUT2D eigenvalue weighted by molar-refractivity contribution is -0.137. The Kier molecular flexibility index (Phi) is 4.46. The predicted octanol–water partition coefficient (Wildman–Crippen LogP) is 5.11. The standard InChI is InChI=1S/C15H7ClF3NO2S2/c16-10-3-1-7(15(17,18)19)5-9(10)11-4-2-8(22-11)6-12-13(21)20-14(23)24-12/h1-6H,(H,20,21,23). The number of halogens is 4. The number of benzene rings is 1. The number of furan rings is 1. The van der Waals surface area contributed by atoms with Crippen molar-refractivity contribution in [3.05, 3.63) is 51.6 Å². The van der Waals surface area contributed by atoms with Crippen molar-refractivity contribution in [1.82, 2.24) is 5.32 Å². The van der Waals surface area contributed by atoms with Crippen molar-refractivity contribution in [3.8, 4) is 11.3 Å². The van der Waals surface area contributed by atoms with Crippen LogP contribution >= 0.6 is 35.6 Å². The molecule has 0 atom stereocenters. The number of rotatable bonds is 2. The van der Waals surface area contributed by atoms with Crippen molar-refractivity contribution >= 4 is 51.9 Å². The SMILES string of the molecule is O=C1NC(=S)SC1=Cc1ccc(-c2cc(C(F)(F)F)ccc2Cl)o1. The molecule has 2 heterocycles. The Labute approximate surface area is 148 Å². The van der Waals surface area contributed by atoms with Gasteiger partial charge in [0.2, 0.25) is 0 Å². The van der Waals surface area contributed by atoms with E-state index < -0.39 is 11.7 Å². The van der Waals surface area contributed by atoms with Crippen molar-refractivity contribution in [2.24, 2.45) is 0 Å². The predicted molar refractivity (Wildman–Crippen MR) is 90.5 cm³/mol. The van der Waals surface area contributed by atoms with E-state index in [4.69, 9.17) is 28.2 Å². The zero-order valence-electron chi connectivity index (χ0n) is 11.6. The van der Waals surface area contributed by atoms with Gasteiger partial charge in [-0.3, -0.25) is 4.79 Å². The Morgan fingerprint density at radius 3 is 2.62 bits per heavy atom. The Balaban J connectivity index is 1.95. The first-order valence-electron chi connectivity index (χ1n) is 6.46. The lowest BCUT2D eigenvalue weighted by Gasteiger charge is -2.09. The third-order valence-corrected chi connectivity index (χ3v) is 4.59. The molecule has 24 heavy (non-hydrogen) atoms. The van der Waals surface area contributed by atoms with E-state index in [2.05, 4.69) is 5.32 Å². The molecular formula is C15H7ClF3NO2S2. The van der Waals surface area contributed by atoms with Crippen molar-refractivity contribution in [2.45, 2.75) is 6.18 Å². The molecular weight excluding hydrogens is 383 g/mol. The third-order valence-electron chi connectivity index (χ3n) is 3.10. The average Bonchev–Trinajstić information content (AvgIpc) is 3.05. The lowest BCUT2D eigenvalue weighted by Crippen LogP contribution is -2.17. The van der Waals surface area contributed by atoms with Crippen LogP contribution in [0.1, 0.15) is 11.3 Å². The molecule has 2 aromatic rings. The molecule has 0 saturated carbocycles. The number of thioether (sulfide) groups is 1. The summed E-state index contributed by atoms with van der Waals surface area (Å²) < 4.78 is 44.3. The molecule has 9 heteroatoms. The Morgan fingerprint density at radius 1 is 1.25 bits per heavy atom. The zero-order valence-corrected chi connectivity index (χ0v) is 14.0. The van der Waals surface area contributed by atoms with Gasteiger partial charge in [0.15, 0.2) is 0 Å². The summed E-state index contributed by atoms with van der Waals surface area (Å²) in [4.78, 5) is 11.9. The minimum atomic E-state index is -4.48. The molecule has 1 N–H and O–H groups in total. The van der Waals surface area contributed by atoms with Gasteiger partial charge in [0.1, 0.15) is 15.8 Å². The minimum Gasteiger partial charge on any atom is -0.457 e. The molecule has 1 amide bonds. The molecule has 0 spiro atoms. The molecule has 1 aliphatic heterocycles. The third kappa shape index (κ3) is 3.50. The van der Waals surface area contributed by atoms with Gasteiger partial charge in [-0.15, -0.1) is 0 Å². The van der Waals surface area contributed by atoms with Gasteiger partial charge in [0.25, 0.3) is 5.91 Å². The number of carbonyl (C=O) groups is 1. The summed E-state index contributed by atoms with van der Waals surface area (Å²) in [7, 11) is 0. The van der Waals surface area contributed by atoms with Crippen LogP contribution in [-0.2, 0) is 11.0 Å². The fourth-order valence-electron chi connectivity index (χ4n) is 2.02. The Hall–Kier alpha value is -1.77. The molecule has 1 aromatic carbocycles. The van der Waals surface area contributed by atoms with E-state index in [0.29, 0.717) is 15.0 Å². The Bertz CT molecular complexity index is 874. The number of nitrogens with one attached hydrogen (secondary N) is 1. The van der Waals surface area contributed by atoms with Crippen molar-refractivity contribution in [1.29, 1.82) is 0 Å². The minimum absolute atomic E-state index is 0.121. The summed E-state index contributed by atoms with van der Waals surface area (Å²) in [5.41, 5.74) is -0.704. The molecule has 3 rings (SSSR count). The maximum Gasteiger partial charge on any atom is 0.416 e. The average molecular weight is 390 g/mol. The van der Waals surface area contributed by atoms with Gasteiger partial charge in [0.05, 0.1) is 15.5 Å². The van der Waals surface area contributed by atoms with Crippen LogP contribution in [0.4, 0.5) is 13.2 Å². The van der Waals surface area contributed by atoms with Gasteiger partial charge in [-0.1, -0.05) is 35.6 Å². The number of carbonyl (C=O) groups excluding carboxylic acids is 1. The number of amides is 1. The fraction of sp³-hybridized carbons (Fsp3) is 0.0667. The van der Waals surface area contributed by atoms with E-state index in [-0.39, 0.29) is 22.3 Å². The largest absolute Gasteiger partial charge is 0.457 e. The highest BCUT2D eigenvalue weighted by Crippen LogP contribution is 2.37. The highest BCUT2D eigenvalue weighted by molar-refractivity contribution is 8.26. The van der Waals surface area contributed by atoms with Gasteiger partial charge in [-0.25, -0.2) is 0 Å². The maximum atomic E-state index is 12.8. The molecule has 0 bridgehead atoms. The number of alkyl halides is 3. The molecule has 1 aliphatic rings. The molecule has 1 aromatic heterocycles. The van der Waals surface area contributed by atoms with Crippen molar-refractivity contribution < 1.29 is 22.4 Å². The van der Waals surface area contributed by atoms with Gasteiger partial charge in [-0.2, -0.15) is 13.2 Å². The summed E-state index contributed by atoms with van der Waals surface area (Å²) in [5, 5.41) is 2.59. The van der Waals surface area contributed by atoms with Crippen LogP contribution in [0.25, 0.3) is 17.4 Å². The van der Waals surface area contributed by atoms with Gasteiger partial charge in [0, 0.05) is 11.6 Å². The van der Waals surface area contributed by atoms with Gasteiger partial charge >= 0.3 is 6.18 Å².